The van der Waals surface area contributed by atoms with Crippen LogP contribution >= 0.6 is 11.6 Å². The molecular formula is C26H32ClFN2O4. The number of benzene rings is 2. The minimum absolute atomic E-state index is 0.274. The van der Waals surface area contributed by atoms with Gasteiger partial charge in [0.05, 0.1) is 30.0 Å². The molecule has 184 valence electrons. The van der Waals surface area contributed by atoms with Gasteiger partial charge in [-0.05, 0) is 42.5 Å². The van der Waals surface area contributed by atoms with Crippen LogP contribution in [0.5, 0.6) is 5.75 Å². The number of rotatable bonds is 9. The predicted octanol–water partition coefficient (Wildman–Crippen LogP) is 4.91. The monoisotopic (exact) mass is 490 g/mol. The highest BCUT2D eigenvalue weighted by Gasteiger charge is 2.44. The number of halogens is 2. The summed E-state index contributed by atoms with van der Waals surface area (Å²) in [6.07, 6.45) is 4.86. The van der Waals surface area contributed by atoms with Crippen molar-refractivity contribution in [2.75, 3.05) is 39.2 Å². The lowest BCUT2D eigenvalue weighted by molar-refractivity contribution is -0.0484. The summed E-state index contributed by atoms with van der Waals surface area (Å²) in [6, 6.07) is 9.46. The van der Waals surface area contributed by atoms with Crippen LogP contribution in [0.2, 0.25) is 5.02 Å². The van der Waals surface area contributed by atoms with Gasteiger partial charge in [0, 0.05) is 38.0 Å². The highest BCUT2D eigenvalue weighted by Crippen LogP contribution is 2.39. The number of anilines is 1. The molecule has 0 saturated carbocycles. The minimum atomic E-state index is -1.04. The van der Waals surface area contributed by atoms with Gasteiger partial charge in [0.2, 0.25) is 0 Å². The van der Waals surface area contributed by atoms with Gasteiger partial charge >= 0.3 is 5.97 Å². The Morgan fingerprint density at radius 1 is 1.26 bits per heavy atom. The van der Waals surface area contributed by atoms with Crippen molar-refractivity contribution in [3.63, 3.8) is 0 Å². The second kappa shape index (κ2) is 10.7. The Kier molecular flexibility index (Phi) is 8.10. The fraction of sp³-hybridized carbons (Fsp3) is 0.423. The molecule has 1 heterocycles. The molecule has 3 rings (SSSR count). The summed E-state index contributed by atoms with van der Waals surface area (Å²) in [5.74, 6) is -0.397. The topological polar surface area (TPSA) is 71.0 Å². The average Bonchev–Trinajstić information content (AvgIpc) is 2.80. The summed E-state index contributed by atoms with van der Waals surface area (Å²) in [5.41, 5.74) is 0.350. The molecule has 6 nitrogen and oxygen atoms in total. The maximum absolute atomic E-state index is 13.2. The van der Waals surface area contributed by atoms with Crippen LogP contribution in [0.1, 0.15) is 36.2 Å². The highest BCUT2D eigenvalue weighted by atomic mass is 35.5. The third-order valence-electron chi connectivity index (χ3n) is 6.31. The standard InChI is InChI=1S/C26H32ClFN2O4/c1-25(2)17-30(12-10-26(25,32)16-18-6-8-19(28)9-7-18)11-5-13-34-23-15-22(29-3)21(27)14-20(23)24(31)33-4/h6-10,12,14-15,29,32H,5,11,13,16-17H2,1-4H3. The Balaban J connectivity index is 1.60. The quantitative estimate of drug-likeness (QED) is 0.384. The number of methoxy groups -OCH3 is 1. The molecule has 0 spiro atoms. The van der Waals surface area contributed by atoms with Gasteiger partial charge in [-0.3, -0.25) is 0 Å². The van der Waals surface area contributed by atoms with Crippen LogP contribution in [-0.2, 0) is 11.2 Å². The van der Waals surface area contributed by atoms with E-state index in [1.54, 1.807) is 25.2 Å². The summed E-state index contributed by atoms with van der Waals surface area (Å²) < 4.78 is 24.0. The van der Waals surface area contributed by atoms with Crippen molar-refractivity contribution in [2.24, 2.45) is 5.41 Å². The normalized spacial score (nSPS) is 19.1. The van der Waals surface area contributed by atoms with Gasteiger partial charge in [-0.25, -0.2) is 9.18 Å². The van der Waals surface area contributed by atoms with E-state index in [0.29, 0.717) is 49.0 Å². The summed E-state index contributed by atoms with van der Waals surface area (Å²) in [4.78, 5) is 14.2. The zero-order valence-electron chi connectivity index (χ0n) is 20.0. The number of carbonyl (C=O) groups is 1. The van der Waals surface area contributed by atoms with Crippen molar-refractivity contribution in [2.45, 2.75) is 32.3 Å². The summed E-state index contributed by atoms with van der Waals surface area (Å²) >= 11 is 6.20. The van der Waals surface area contributed by atoms with Gasteiger partial charge < -0.3 is 24.8 Å². The largest absolute Gasteiger partial charge is 0.493 e. The highest BCUT2D eigenvalue weighted by molar-refractivity contribution is 6.33. The predicted molar refractivity (Wildman–Crippen MR) is 132 cm³/mol. The fourth-order valence-corrected chi connectivity index (χ4v) is 4.36. The smallest absolute Gasteiger partial charge is 0.341 e. The first-order valence-corrected chi connectivity index (χ1v) is 11.6. The molecule has 1 aliphatic heterocycles. The first kappa shape index (κ1) is 25.8. The van der Waals surface area contributed by atoms with E-state index in [4.69, 9.17) is 21.1 Å². The number of nitrogens with zero attached hydrogens (tertiary/aromatic N) is 1. The van der Waals surface area contributed by atoms with E-state index in [1.807, 2.05) is 26.1 Å². The first-order chi connectivity index (χ1) is 16.1. The van der Waals surface area contributed by atoms with Crippen LogP contribution in [0, 0.1) is 11.2 Å². The van der Waals surface area contributed by atoms with E-state index in [0.717, 1.165) is 5.56 Å². The molecule has 2 aromatic rings. The SMILES string of the molecule is CNc1cc(OCCCN2C=CC(O)(Cc3ccc(F)cc3)C(C)(C)C2)c(C(=O)OC)cc1Cl. The molecule has 1 atom stereocenters. The van der Waals surface area contributed by atoms with Crippen molar-refractivity contribution in [3.05, 3.63) is 70.6 Å². The number of ether oxygens (including phenoxy) is 2. The van der Waals surface area contributed by atoms with Crippen molar-refractivity contribution >= 4 is 23.3 Å². The molecule has 0 saturated heterocycles. The van der Waals surface area contributed by atoms with Gasteiger partial charge in [0.1, 0.15) is 17.1 Å². The van der Waals surface area contributed by atoms with Crippen LogP contribution in [0.3, 0.4) is 0 Å². The fourth-order valence-electron chi connectivity index (χ4n) is 4.10. The first-order valence-electron chi connectivity index (χ1n) is 11.2. The molecule has 0 aliphatic carbocycles. The summed E-state index contributed by atoms with van der Waals surface area (Å²) in [5, 5.41) is 14.7. The molecule has 0 radical (unpaired) electrons. The van der Waals surface area contributed by atoms with Crippen molar-refractivity contribution in [1.82, 2.24) is 4.90 Å². The second-order valence-electron chi connectivity index (χ2n) is 9.17. The molecule has 34 heavy (non-hydrogen) atoms. The molecule has 2 N–H and O–H groups in total. The average molecular weight is 491 g/mol. The third-order valence-corrected chi connectivity index (χ3v) is 6.62. The zero-order chi connectivity index (χ0) is 24.9. The number of aliphatic hydroxyl groups is 1. The number of carbonyl (C=O) groups excluding carboxylic acids is 1. The Bertz CT molecular complexity index is 1040. The third kappa shape index (κ3) is 5.83. The molecular weight excluding hydrogens is 459 g/mol. The van der Waals surface area contributed by atoms with Crippen molar-refractivity contribution in [1.29, 1.82) is 0 Å². The van der Waals surface area contributed by atoms with Crippen LogP contribution in [0.15, 0.2) is 48.7 Å². The van der Waals surface area contributed by atoms with E-state index in [2.05, 4.69) is 10.2 Å². The lowest BCUT2D eigenvalue weighted by atomic mass is 9.69. The van der Waals surface area contributed by atoms with Crippen LogP contribution in [0.4, 0.5) is 10.1 Å². The molecule has 0 fully saturated rings. The number of esters is 1. The Labute approximate surface area is 205 Å². The Morgan fingerprint density at radius 2 is 1.97 bits per heavy atom. The molecule has 0 bridgehead atoms. The van der Waals surface area contributed by atoms with E-state index in [1.165, 1.54) is 25.3 Å². The van der Waals surface area contributed by atoms with E-state index < -0.39 is 17.0 Å². The van der Waals surface area contributed by atoms with E-state index in [9.17, 15) is 14.3 Å². The number of nitrogens with one attached hydrogen (secondary N) is 1. The van der Waals surface area contributed by atoms with Crippen molar-refractivity contribution < 1.29 is 23.8 Å². The maximum Gasteiger partial charge on any atom is 0.341 e. The van der Waals surface area contributed by atoms with Crippen LogP contribution in [-0.4, -0.2) is 55.4 Å². The van der Waals surface area contributed by atoms with Gasteiger partial charge in [0.25, 0.3) is 0 Å². The minimum Gasteiger partial charge on any atom is -0.493 e. The van der Waals surface area contributed by atoms with Gasteiger partial charge in [-0.2, -0.15) is 0 Å². The van der Waals surface area contributed by atoms with E-state index >= 15 is 0 Å². The van der Waals surface area contributed by atoms with Crippen LogP contribution in [0.25, 0.3) is 0 Å². The number of hydrogen-bond donors (Lipinski definition) is 2. The maximum atomic E-state index is 13.2. The van der Waals surface area contributed by atoms with Gasteiger partial charge in [-0.15, -0.1) is 0 Å². The molecule has 2 aromatic carbocycles. The van der Waals surface area contributed by atoms with E-state index in [-0.39, 0.29) is 11.4 Å². The zero-order valence-corrected chi connectivity index (χ0v) is 20.8. The van der Waals surface area contributed by atoms with Gasteiger partial charge in [-0.1, -0.05) is 37.6 Å². The number of hydrogen-bond acceptors (Lipinski definition) is 6. The summed E-state index contributed by atoms with van der Waals surface area (Å²) in [6.45, 7) is 5.81. The van der Waals surface area contributed by atoms with Crippen LogP contribution < -0.4 is 10.1 Å². The van der Waals surface area contributed by atoms with Gasteiger partial charge in [0.15, 0.2) is 0 Å². The lowest BCUT2D eigenvalue weighted by Gasteiger charge is -2.47. The molecule has 0 aromatic heterocycles. The molecule has 8 heteroatoms. The molecule has 1 unspecified atom stereocenters. The second-order valence-corrected chi connectivity index (χ2v) is 9.58. The molecule has 0 amide bonds. The van der Waals surface area contributed by atoms with Crippen molar-refractivity contribution in [3.8, 4) is 5.75 Å². The molecule has 1 aliphatic rings. The summed E-state index contributed by atoms with van der Waals surface area (Å²) in [7, 11) is 3.05. The lowest BCUT2D eigenvalue weighted by Crippen LogP contribution is -2.53. The Morgan fingerprint density at radius 3 is 2.59 bits per heavy atom. The Hall–Kier alpha value is -2.77.